The maximum atomic E-state index is 8.49. The standard InChI is InChI=1S/C19H22S2.2ClHO4/c1-4-14-19(13(2)3)21-17-11-7-5-9-15(17)20(14)16-10-6-8-12-18(16)21;2*2-1(3,4)5/h5-14,19H,4H2,1-3H3;2*(H,2,3,4,5)/q+2;;/p-2/t14-,19+,20?,21?;;/m1../s1. The predicted octanol–water partition coefficient (Wildman–Crippen LogP) is -4.62. The van der Waals surface area contributed by atoms with Gasteiger partial charge in [0.2, 0.25) is 19.6 Å². The quantitative estimate of drug-likeness (QED) is 0.359. The van der Waals surface area contributed by atoms with Gasteiger partial charge in [-0.1, -0.05) is 45.0 Å². The van der Waals surface area contributed by atoms with E-state index in [-0.39, 0.29) is 21.8 Å². The minimum atomic E-state index is -4.94. The van der Waals surface area contributed by atoms with Crippen molar-refractivity contribution >= 4 is 21.8 Å². The van der Waals surface area contributed by atoms with Crippen LogP contribution in [0, 0.1) is 26.4 Å². The van der Waals surface area contributed by atoms with Crippen molar-refractivity contribution in [2.45, 2.75) is 57.3 Å². The minimum Gasteiger partial charge on any atom is -0.222 e. The second-order valence-corrected chi connectivity index (χ2v) is 12.8. The molecule has 0 saturated carbocycles. The van der Waals surface area contributed by atoms with E-state index < -0.39 is 20.5 Å². The molecule has 0 fully saturated rings. The van der Waals surface area contributed by atoms with Crippen LogP contribution in [-0.2, 0) is 21.8 Å². The first-order chi connectivity index (χ1) is 14.2. The van der Waals surface area contributed by atoms with Gasteiger partial charge in [0.15, 0.2) is 10.5 Å². The van der Waals surface area contributed by atoms with Gasteiger partial charge in [-0.05, 0) is 30.7 Å². The molecule has 0 N–H and O–H groups in total. The Bertz CT molecular complexity index is 801. The molecule has 3 aliphatic rings. The zero-order valence-corrected chi connectivity index (χ0v) is 20.0. The summed E-state index contributed by atoms with van der Waals surface area (Å²) < 4.78 is 67.9. The summed E-state index contributed by atoms with van der Waals surface area (Å²) in [5.74, 6) is 0.759. The fourth-order valence-corrected chi connectivity index (χ4v) is 11.3. The molecule has 31 heavy (non-hydrogen) atoms. The van der Waals surface area contributed by atoms with E-state index in [1.165, 1.54) is 6.42 Å². The molecule has 172 valence electrons. The topological polar surface area (TPSA) is 184 Å². The van der Waals surface area contributed by atoms with E-state index in [1.807, 2.05) is 0 Å². The second kappa shape index (κ2) is 10.6. The minimum absolute atomic E-state index is 0.274. The Balaban J connectivity index is 0.000000289. The third-order valence-electron chi connectivity index (χ3n) is 4.65. The fourth-order valence-electron chi connectivity index (χ4n) is 3.87. The van der Waals surface area contributed by atoms with Crippen molar-refractivity contribution in [2.75, 3.05) is 0 Å². The Labute approximate surface area is 191 Å². The lowest BCUT2D eigenvalue weighted by Gasteiger charge is -2.37. The van der Waals surface area contributed by atoms with Crippen LogP contribution in [0.3, 0.4) is 0 Å². The number of hydrogen-bond acceptors (Lipinski definition) is 8. The molecule has 0 aliphatic carbocycles. The molecule has 2 aromatic carbocycles. The number of hydrogen-bond donors (Lipinski definition) is 0. The largest absolute Gasteiger partial charge is 0.222 e. The van der Waals surface area contributed by atoms with Crippen LogP contribution in [0.15, 0.2) is 68.1 Å². The van der Waals surface area contributed by atoms with Gasteiger partial charge in [-0.2, -0.15) is 0 Å². The molecule has 0 amide bonds. The Morgan fingerprint density at radius 1 is 0.677 bits per heavy atom. The molecule has 0 spiro atoms. The first-order valence-electron chi connectivity index (χ1n) is 9.11. The van der Waals surface area contributed by atoms with E-state index in [2.05, 4.69) is 69.3 Å². The van der Waals surface area contributed by atoms with E-state index >= 15 is 0 Å². The van der Waals surface area contributed by atoms with Crippen LogP contribution >= 0.6 is 0 Å². The van der Waals surface area contributed by atoms with Gasteiger partial charge in [0.25, 0.3) is 0 Å². The average Bonchev–Trinajstić information content (AvgIpc) is 2.64. The van der Waals surface area contributed by atoms with Crippen molar-refractivity contribution in [3.8, 4) is 0 Å². The number of benzene rings is 2. The summed E-state index contributed by atoms with van der Waals surface area (Å²) >= 11 is 0. The van der Waals surface area contributed by atoms with Crippen LogP contribution in [0.5, 0.6) is 0 Å². The van der Waals surface area contributed by atoms with Gasteiger partial charge in [-0.25, -0.2) is 37.3 Å². The van der Waals surface area contributed by atoms with Gasteiger partial charge in [-0.15, -0.1) is 20.5 Å². The SMILES string of the molecule is CC[C@@H]1[C@H](C(C)C)[S+]2c3ccccc3[S+]1c1ccccc12.[O-][Cl+3]([O-])([O-])[O-].[O-][Cl+3]([O-])([O-])[O-]. The third-order valence-corrected chi connectivity index (χ3v) is 11.0. The van der Waals surface area contributed by atoms with E-state index in [0.717, 1.165) is 16.4 Å². The van der Waals surface area contributed by atoms with Crippen LogP contribution < -0.4 is 37.3 Å². The molecule has 2 aromatic rings. The van der Waals surface area contributed by atoms with E-state index in [1.54, 1.807) is 19.6 Å². The van der Waals surface area contributed by atoms with E-state index in [4.69, 9.17) is 37.3 Å². The number of fused-ring (bicyclic) bond motifs is 1. The summed E-state index contributed by atoms with van der Waals surface area (Å²) in [4.78, 5) is 6.57. The highest BCUT2D eigenvalue weighted by atomic mass is 35.7. The van der Waals surface area contributed by atoms with Crippen molar-refractivity contribution < 1.29 is 57.8 Å². The molecular weight excluding hydrogens is 491 g/mol. The van der Waals surface area contributed by atoms with Gasteiger partial charge < -0.3 is 0 Å². The number of halogens is 2. The zero-order valence-electron chi connectivity index (χ0n) is 16.9. The molecule has 2 bridgehead atoms. The molecular formula is C19H22Cl2O8S2. The lowest BCUT2D eigenvalue weighted by Crippen LogP contribution is -2.68. The maximum absolute atomic E-state index is 8.49. The van der Waals surface area contributed by atoms with Gasteiger partial charge in [0, 0.05) is 5.92 Å². The van der Waals surface area contributed by atoms with Crippen LogP contribution in [0.25, 0.3) is 0 Å². The summed E-state index contributed by atoms with van der Waals surface area (Å²) in [6.45, 7) is 7.25. The second-order valence-electron chi connectivity index (χ2n) is 6.98. The summed E-state index contributed by atoms with van der Waals surface area (Å²) in [5.41, 5.74) is 0. The van der Waals surface area contributed by atoms with Gasteiger partial charge in [0.1, 0.15) is 0 Å². The highest BCUT2D eigenvalue weighted by molar-refractivity contribution is 8.06. The molecule has 0 aromatic heterocycles. The Morgan fingerprint density at radius 3 is 1.23 bits per heavy atom. The van der Waals surface area contributed by atoms with E-state index in [9.17, 15) is 0 Å². The van der Waals surface area contributed by atoms with E-state index in [0.29, 0.717) is 0 Å². The monoisotopic (exact) mass is 512 g/mol. The zero-order chi connectivity index (χ0) is 23.6. The highest BCUT2D eigenvalue weighted by Crippen LogP contribution is 2.54. The van der Waals surface area contributed by atoms with Crippen molar-refractivity contribution in [1.29, 1.82) is 0 Å². The van der Waals surface area contributed by atoms with Crippen molar-refractivity contribution in [3.63, 3.8) is 0 Å². The lowest BCUT2D eigenvalue weighted by molar-refractivity contribution is -2.00. The van der Waals surface area contributed by atoms with Crippen LogP contribution in [0.2, 0.25) is 0 Å². The fraction of sp³-hybridized carbons (Fsp3) is 0.368. The molecule has 8 nitrogen and oxygen atoms in total. The van der Waals surface area contributed by atoms with Crippen LogP contribution in [0.4, 0.5) is 0 Å². The summed E-state index contributed by atoms with van der Waals surface area (Å²) in [6.07, 6.45) is 1.30. The third kappa shape index (κ3) is 7.19. The number of rotatable bonds is 2. The molecule has 2 atom stereocenters. The van der Waals surface area contributed by atoms with Crippen molar-refractivity contribution in [1.82, 2.24) is 0 Å². The Kier molecular flexibility index (Phi) is 9.07. The van der Waals surface area contributed by atoms with Gasteiger partial charge in [-0.3, -0.25) is 0 Å². The average molecular weight is 513 g/mol. The van der Waals surface area contributed by atoms with Crippen molar-refractivity contribution in [2.24, 2.45) is 5.92 Å². The van der Waals surface area contributed by atoms with Crippen LogP contribution in [0.1, 0.15) is 27.2 Å². The summed E-state index contributed by atoms with van der Waals surface area (Å²) in [7, 11) is -9.33. The lowest BCUT2D eigenvalue weighted by atomic mass is 10.1. The Morgan fingerprint density at radius 2 is 0.968 bits per heavy atom. The smallest absolute Gasteiger partial charge is 0.216 e. The first-order valence-corrected chi connectivity index (χ1v) is 14.2. The Hall–Kier alpha value is -0.600. The van der Waals surface area contributed by atoms with Crippen LogP contribution in [-0.4, -0.2) is 10.5 Å². The predicted molar refractivity (Wildman–Crippen MR) is 93.4 cm³/mol. The summed E-state index contributed by atoms with van der Waals surface area (Å²) in [5, 5.41) is 1.65. The highest BCUT2D eigenvalue weighted by Gasteiger charge is 2.65. The molecule has 12 heteroatoms. The molecule has 0 saturated heterocycles. The van der Waals surface area contributed by atoms with Gasteiger partial charge in [0.05, 0.1) is 21.8 Å². The molecule has 3 heterocycles. The summed E-state index contributed by atoms with van der Waals surface area (Å²) in [6, 6.07) is 18.5. The van der Waals surface area contributed by atoms with Gasteiger partial charge >= 0.3 is 0 Å². The maximum Gasteiger partial charge on any atom is 0.216 e. The van der Waals surface area contributed by atoms with Crippen molar-refractivity contribution in [3.05, 3.63) is 48.5 Å². The normalized spacial score (nSPS) is 23.7. The first kappa shape index (κ1) is 26.7. The molecule has 0 radical (unpaired) electrons. The molecule has 0 unspecified atom stereocenters. The molecule has 3 aliphatic heterocycles. The molecule has 5 rings (SSSR count).